The molecule has 7 nitrogen and oxygen atoms in total. The van der Waals surface area contributed by atoms with Crippen molar-refractivity contribution in [3.05, 3.63) is 50.3 Å². The number of ether oxygens (including phenoxy) is 1. The number of aryl methyl sites for hydroxylation is 1. The standard InChI is InChI=1S/C12H10N4O3/c1-7-5-8(19-2)3-4-10(7)16-12(18)14-11(17)9(6-13)15-16/h3-5H,1-2H3,(H,14,17,18). The van der Waals surface area contributed by atoms with Gasteiger partial charge in [0.1, 0.15) is 11.8 Å². The van der Waals surface area contributed by atoms with E-state index in [0.29, 0.717) is 11.4 Å². The monoisotopic (exact) mass is 258 g/mol. The molecule has 0 unspecified atom stereocenters. The zero-order valence-electron chi connectivity index (χ0n) is 10.3. The van der Waals surface area contributed by atoms with Gasteiger partial charge in [-0.05, 0) is 30.7 Å². The van der Waals surface area contributed by atoms with Crippen LogP contribution in [-0.4, -0.2) is 21.9 Å². The fraction of sp³-hybridized carbons (Fsp3) is 0.167. The molecule has 0 aliphatic carbocycles. The quantitative estimate of drug-likeness (QED) is 0.823. The van der Waals surface area contributed by atoms with Gasteiger partial charge < -0.3 is 4.74 Å². The summed E-state index contributed by atoms with van der Waals surface area (Å²) in [5.41, 5.74) is -0.662. The van der Waals surface area contributed by atoms with Crippen LogP contribution in [0.4, 0.5) is 0 Å². The summed E-state index contributed by atoms with van der Waals surface area (Å²) in [4.78, 5) is 25.0. The Kier molecular flexibility index (Phi) is 3.16. The van der Waals surface area contributed by atoms with Crippen molar-refractivity contribution in [2.24, 2.45) is 0 Å². The van der Waals surface area contributed by atoms with E-state index in [9.17, 15) is 9.59 Å². The highest BCUT2D eigenvalue weighted by Gasteiger charge is 2.10. The maximum absolute atomic E-state index is 11.7. The number of H-pyrrole nitrogens is 1. The van der Waals surface area contributed by atoms with Crippen LogP contribution in [0.15, 0.2) is 27.8 Å². The number of methoxy groups -OCH3 is 1. The molecule has 0 saturated carbocycles. The Hall–Kier alpha value is -2.88. The summed E-state index contributed by atoms with van der Waals surface area (Å²) < 4.78 is 6.04. The summed E-state index contributed by atoms with van der Waals surface area (Å²) in [6.45, 7) is 1.77. The Balaban J connectivity index is 2.69. The molecule has 1 heterocycles. The molecule has 1 N–H and O–H groups in total. The smallest absolute Gasteiger partial charge is 0.349 e. The maximum atomic E-state index is 11.7. The van der Waals surface area contributed by atoms with Gasteiger partial charge in [-0.2, -0.15) is 9.94 Å². The molecule has 0 fully saturated rings. The average Bonchev–Trinajstić information content (AvgIpc) is 2.39. The van der Waals surface area contributed by atoms with Gasteiger partial charge in [0.15, 0.2) is 0 Å². The van der Waals surface area contributed by atoms with E-state index < -0.39 is 11.2 Å². The van der Waals surface area contributed by atoms with Crippen LogP contribution >= 0.6 is 0 Å². The summed E-state index contributed by atoms with van der Waals surface area (Å²) in [6.07, 6.45) is 0. The fourth-order valence-corrected chi connectivity index (χ4v) is 1.63. The number of aromatic amines is 1. The SMILES string of the molecule is COc1ccc(-n2nc(C#N)c(=O)[nH]c2=O)c(C)c1. The first-order valence-electron chi connectivity index (χ1n) is 5.35. The number of hydrogen-bond acceptors (Lipinski definition) is 5. The molecule has 0 saturated heterocycles. The third-order valence-electron chi connectivity index (χ3n) is 2.57. The number of rotatable bonds is 2. The van der Waals surface area contributed by atoms with Crippen molar-refractivity contribution < 1.29 is 4.74 Å². The third kappa shape index (κ3) is 2.24. The molecule has 7 heteroatoms. The molecular weight excluding hydrogens is 248 g/mol. The molecule has 19 heavy (non-hydrogen) atoms. The molecule has 0 aliphatic rings. The van der Waals surface area contributed by atoms with E-state index in [1.54, 1.807) is 31.2 Å². The second kappa shape index (κ2) is 4.78. The topological polar surface area (TPSA) is 101 Å². The van der Waals surface area contributed by atoms with Gasteiger partial charge >= 0.3 is 5.69 Å². The number of benzene rings is 1. The first-order valence-corrected chi connectivity index (χ1v) is 5.35. The molecular formula is C12H10N4O3. The van der Waals surface area contributed by atoms with E-state index in [-0.39, 0.29) is 5.69 Å². The van der Waals surface area contributed by atoms with Crippen LogP contribution in [0.5, 0.6) is 5.75 Å². The minimum Gasteiger partial charge on any atom is -0.497 e. The molecule has 0 spiro atoms. The van der Waals surface area contributed by atoms with E-state index in [0.717, 1.165) is 10.2 Å². The van der Waals surface area contributed by atoms with Gasteiger partial charge in [-0.3, -0.25) is 9.78 Å². The molecule has 0 aliphatic heterocycles. The first kappa shape index (κ1) is 12.6. The van der Waals surface area contributed by atoms with Crippen LogP contribution in [0.1, 0.15) is 11.3 Å². The van der Waals surface area contributed by atoms with Crippen LogP contribution in [0.3, 0.4) is 0 Å². The summed E-state index contributed by atoms with van der Waals surface area (Å²) in [5, 5.41) is 12.5. The van der Waals surface area contributed by atoms with Crippen LogP contribution in [0, 0.1) is 18.3 Å². The van der Waals surface area contributed by atoms with Gasteiger partial charge in [-0.1, -0.05) is 0 Å². The Morgan fingerprint density at radius 1 is 1.42 bits per heavy atom. The van der Waals surface area contributed by atoms with Crippen LogP contribution in [-0.2, 0) is 0 Å². The van der Waals surface area contributed by atoms with Gasteiger partial charge in [-0.15, -0.1) is 5.10 Å². The molecule has 0 bridgehead atoms. The predicted molar refractivity (Wildman–Crippen MR) is 66.5 cm³/mol. The lowest BCUT2D eigenvalue weighted by Gasteiger charge is -2.08. The van der Waals surface area contributed by atoms with Crippen LogP contribution < -0.4 is 16.0 Å². The van der Waals surface area contributed by atoms with E-state index in [1.165, 1.54) is 7.11 Å². The van der Waals surface area contributed by atoms with Gasteiger partial charge in [0.25, 0.3) is 5.56 Å². The lowest BCUT2D eigenvalue weighted by Crippen LogP contribution is -2.33. The lowest BCUT2D eigenvalue weighted by atomic mass is 10.2. The largest absolute Gasteiger partial charge is 0.497 e. The van der Waals surface area contributed by atoms with E-state index in [2.05, 4.69) is 5.10 Å². The van der Waals surface area contributed by atoms with Crippen molar-refractivity contribution in [3.63, 3.8) is 0 Å². The lowest BCUT2D eigenvalue weighted by molar-refractivity contribution is 0.414. The van der Waals surface area contributed by atoms with Crippen molar-refractivity contribution >= 4 is 0 Å². The highest BCUT2D eigenvalue weighted by Crippen LogP contribution is 2.18. The minimum atomic E-state index is -0.796. The Morgan fingerprint density at radius 2 is 2.16 bits per heavy atom. The van der Waals surface area contributed by atoms with Gasteiger partial charge in [-0.25, -0.2) is 4.79 Å². The van der Waals surface area contributed by atoms with Gasteiger partial charge in [0.2, 0.25) is 5.69 Å². The number of nitriles is 1. The molecule has 0 atom stereocenters. The summed E-state index contributed by atoms with van der Waals surface area (Å²) in [5.74, 6) is 0.638. The first-order chi connectivity index (χ1) is 9.06. The van der Waals surface area contributed by atoms with Crippen molar-refractivity contribution in [2.45, 2.75) is 6.92 Å². The molecule has 1 aromatic carbocycles. The number of aromatic nitrogens is 3. The zero-order chi connectivity index (χ0) is 14.0. The third-order valence-corrected chi connectivity index (χ3v) is 2.57. The molecule has 2 rings (SSSR count). The minimum absolute atomic E-state index is 0.366. The van der Waals surface area contributed by atoms with Crippen molar-refractivity contribution in [3.8, 4) is 17.5 Å². The molecule has 1 aromatic heterocycles. The normalized spacial score (nSPS) is 9.95. The van der Waals surface area contributed by atoms with Crippen molar-refractivity contribution in [2.75, 3.05) is 7.11 Å². The number of nitrogens with zero attached hydrogens (tertiary/aromatic N) is 3. The van der Waals surface area contributed by atoms with E-state index >= 15 is 0 Å². The summed E-state index contributed by atoms with van der Waals surface area (Å²) in [7, 11) is 1.53. The summed E-state index contributed by atoms with van der Waals surface area (Å²) >= 11 is 0. The molecule has 96 valence electrons. The highest BCUT2D eigenvalue weighted by molar-refractivity contribution is 5.44. The number of hydrogen-bond donors (Lipinski definition) is 1. The van der Waals surface area contributed by atoms with Crippen molar-refractivity contribution in [1.82, 2.24) is 14.8 Å². The van der Waals surface area contributed by atoms with E-state index in [1.807, 2.05) is 4.98 Å². The fourth-order valence-electron chi connectivity index (χ4n) is 1.63. The highest BCUT2D eigenvalue weighted by atomic mass is 16.5. The van der Waals surface area contributed by atoms with Crippen LogP contribution in [0.2, 0.25) is 0 Å². The Morgan fingerprint density at radius 3 is 2.74 bits per heavy atom. The van der Waals surface area contributed by atoms with Gasteiger partial charge in [0.05, 0.1) is 12.8 Å². The molecule has 0 amide bonds. The average molecular weight is 258 g/mol. The van der Waals surface area contributed by atoms with Crippen molar-refractivity contribution in [1.29, 1.82) is 5.26 Å². The number of nitrogens with one attached hydrogen (secondary N) is 1. The van der Waals surface area contributed by atoms with E-state index in [4.69, 9.17) is 10.00 Å². The Bertz CT molecular complexity index is 783. The van der Waals surface area contributed by atoms with Gasteiger partial charge in [0, 0.05) is 0 Å². The predicted octanol–water partition coefficient (Wildman–Crippen LogP) is 0.109. The zero-order valence-corrected chi connectivity index (χ0v) is 10.3. The molecule has 2 aromatic rings. The second-order valence-electron chi connectivity index (χ2n) is 3.78. The summed E-state index contributed by atoms with van der Waals surface area (Å²) in [6, 6.07) is 6.65. The maximum Gasteiger partial charge on any atom is 0.349 e. The Labute approximate surface area is 107 Å². The van der Waals surface area contributed by atoms with Crippen LogP contribution in [0.25, 0.3) is 5.69 Å². The second-order valence-corrected chi connectivity index (χ2v) is 3.78. The molecule has 0 radical (unpaired) electrons.